The number of carbonyl (C=O) groups excluding carboxylic acids is 2. The lowest BCUT2D eigenvalue weighted by atomic mass is 9.95. The molecule has 0 aromatic carbocycles. The Morgan fingerprint density at radius 3 is 2.68 bits per heavy atom. The van der Waals surface area contributed by atoms with Crippen LogP contribution in [0.4, 0.5) is 5.82 Å². The summed E-state index contributed by atoms with van der Waals surface area (Å²) in [5.41, 5.74) is 5.84. The number of aromatic nitrogens is 2. The molecular weight excluding hydrogens is 360 g/mol. The molecule has 1 aliphatic carbocycles. The number of rotatable bonds is 7. The number of nitrogens with one attached hydrogen (secondary N) is 2. The quantitative estimate of drug-likeness (QED) is 0.607. The molecule has 2 aliphatic heterocycles. The first-order valence-corrected chi connectivity index (χ1v) is 10.3. The first-order chi connectivity index (χ1) is 13.6. The second kappa shape index (κ2) is 8.48. The standard InChI is InChI=1S/C19H30N6O3/c20-17-7-16(22-23-17)19(27)21-8-15-11-25(18(26)12-28-15)10-14-3-5-24(6-4-14)9-13-1-2-13/h7,13-15H,1-6,8-12H2,(H,21,27)(H3,20,22,23)/t15-/m0/s1. The summed E-state index contributed by atoms with van der Waals surface area (Å²) in [4.78, 5) is 28.9. The molecule has 0 unspecified atom stereocenters. The van der Waals surface area contributed by atoms with E-state index < -0.39 is 0 Å². The topological polar surface area (TPSA) is 117 Å². The molecule has 1 atom stereocenters. The molecule has 3 heterocycles. The predicted octanol–water partition coefficient (Wildman–Crippen LogP) is 0.0711. The number of nitrogen functional groups attached to an aromatic ring is 1. The minimum atomic E-state index is -0.278. The SMILES string of the molecule is Nc1cc(C(=O)NC[C@H]2CN(CC3CCN(CC4CC4)CC3)C(=O)CO2)[nH]n1. The molecule has 154 valence electrons. The van der Waals surface area contributed by atoms with E-state index in [1.165, 1.54) is 25.5 Å². The van der Waals surface area contributed by atoms with E-state index in [0.29, 0.717) is 24.7 Å². The van der Waals surface area contributed by atoms with Gasteiger partial charge < -0.3 is 25.6 Å². The molecule has 3 aliphatic rings. The molecule has 1 saturated carbocycles. The van der Waals surface area contributed by atoms with E-state index in [4.69, 9.17) is 10.5 Å². The number of piperidine rings is 1. The zero-order valence-electron chi connectivity index (χ0n) is 16.2. The first-order valence-electron chi connectivity index (χ1n) is 10.3. The van der Waals surface area contributed by atoms with Gasteiger partial charge in [0.05, 0.1) is 6.10 Å². The fraction of sp³-hybridized carbons (Fsp3) is 0.737. The van der Waals surface area contributed by atoms with Gasteiger partial charge in [-0.2, -0.15) is 5.10 Å². The highest BCUT2D eigenvalue weighted by Gasteiger charge is 2.31. The fourth-order valence-electron chi connectivity index (χ4n) is 4.06. The van der Waals surface area contributed by atoms with Crippen molar-refractivity contribution in [3.63, 3.8) is 0 Å². The van der Waals surface area contributed by atoms with Crippen LogP contribution in [0.3, 0.4) is 0 Å². The average Bonchev–Trinajstić information content (AvgIpc) is 3.40. The Morgan fingerprint density at radius 2 is 2.00 bits per heavy atom. The monoisotopic (exact) mass is 390 g/mol. The second-order valence-corrected chi connectivity index (χ2v) is 8.34. The maximum atomic E-state index is 12.3. The normalized spacial score (nSPS) is 24.5. The van der Waals surface area contributed by atoms with Crippen molar-refractivity contribution in [3.05, 3.63) is 11.8 Å². The molecule has 0 spiro atoms. The molecule has 2 amide bonds. The summed E-state index contributed by atoms with van der Waals surface area (Å²) in [5.74, 6) is 1.54. The maximum absolute atomic E-state index is 12.3. The number of ether oxygens (including phenoxy) is 1. The zero-order valence-corrected chi connectivity index (χ0v) is 16.2. The number of nitrogens with zero attached hydrogens (tertiary/aromatic N) is 3. The summed E-state index contributed by atoms with van der Waals surface area (Å²) in [7, 11) is 0. The van der Waals surface area contributed by atoms with Gasteiger partial charge in [0.15, 0.2) is 0 Å². The van der Waals surface area contributed by atoms with Crippen LogP contribution >= 0.6 is 0 Å². The molecule has 1 aromatic rings. The predicted molar refractivity (Wildman–Crippen MR) is 104 cm³/mol. The van der Waals surface area contributed by atoms with E-state index in [1.54, 1.807) is 0 Å². The molecule has 9 nitrogen and oxygen atoms in total. The molecule has 0 radical (unpaired) electrons. The Bertz CT molecular complexity index is 696. The number of hydrogen-bond donors (Lipinski definition) is 3. The lowest BCUT2D eigenvalue weighted by molar-refractivity contribution is -0.149. The van der Waals surface area contributed by atoms with Crippen LogP contribution in [0.5, 0.6) is 0 Å². The number of likely N-dealkylation sites (tertiary alicyclic amines) is 1. The highest BCUT2D eigenvalue weighted by molar-refractivity contribution is 5.92. The number of nitrogens with two attached hydrogens (primary N) is 1. The Labute approximate surface area is 164 Å². The van der Waals surface area contributed by atoms with Gasteiger partial charge in [0.1, 0.15) is 18.1 Å². The number of aromatic amines is 1. The van der Waals surface area contributed by atoms with Gasteiger partial charge in [-0.15, -0.1) is 0 Å². The molecule has 4 N–H and O–H groups in total. The number of carbonyl (C=O) groups is 2. The summed E-state index contributed by atoms with van der Waals surface area (Å²) >= 11 is 0. The third kappa shape index (κ3) is 5.02. The van der Waals surface area contributed by atoms with Gasteiger partial charge in [-0.25, -0.2) is 0 Å². The largest absolute Gasteiger partial charge is 0.382 e. The van der Waals surface area contributed by atoms with Crippen molar-refractivity contribution in [3.8, 4) is 0 Å². The van der Waals surface area contributed by atoms with Crippen molar-refractivity contribution < 1.29 is 14.3 Å². The highest BCUT2D eigenvalue weighted by Crippen LogP contribution is 2.31. The molecule has 9 heteroatoms. The molecule has 3 fully saturated rings. The van der Waals surface area contributed by atoms with E-state index in [2.05, 4.69) is 20.4 Å². The molecular formula is C19H30N6O3. The van der Waals surface area contributed by atoms with Crippen LogP contribution in [0.2, 0.25) is 0 Å². The van der Waals surface area contributed by atoms with Gasteiger partial charge in [0.2, 0.25) is 5.91 Å². The van der Waals surface area contributed by atoms with E-state index >= 15 is 0 Å². The number of H-pyrrole nitrogens is 1. The Kier molecular flexibility index (Phi) is 5.82. The van der Waals surface area contributed by atoms with Crippen molar-refractivity contribution in [1.82, 2.24) is 25.3 Å². The third-order valence-electron chi connectivity index (χ3n) is 5.95. The summed E-state index contributed by atoms with van der Waals surface area (Å²) in [6.45, 7) is 5.29. The highest BCUT2D eigenvalue weighted by atomic mass is 16.5. The van der Waals surface area contributed by atoms with Gasteiger partial charge >= 0.3 is 0 Å². The van der Waals surface area contributed by atoms with E-state index in [0.717, 1.165) is 38.4 Å². The van der Waals surface area contributed by atoms with Crippen LogP contribution in [-0.4, -0.2) is 83.8 Å². The van der Waals surface area contributed by atoms with Gasteiger partial charge in [0.25, 0.3) is 5.91 Å². The molecule has 28 heavy (non-hydrogen) atoms. The number of anilines is 1. The molecule has 2 saturated heterocycles. The first kappa shape index (κ1) is 19.2. The molecule has 0 bridgehead atoms. The van der Waals surface area contributed by atoms with Crippen LogP contribution in [0.1, 0.15) is 36.2 Å². The van der Waals surface area contributed by atoms with Crippen LogP contribution in [0.25, 0.3) is 0 Å². The summed E-state index contributed by atoms with van der Waals surface area (Å²) in [6, 6.07) is 1.49. The zero-order chi connectivity index (χ0) is 19.5. The molecule has 4 rings (SSSR count). The lowest BCUT2D eigenvalue weighted by Crippen LogP contribution is -2.52. The van der Waals surface area contributed by atoms with Crippen LogP contribution in [-0.2, 0) is 9.53 Å². The summed E-state index contributed by atoms with van der Waals surface area (Å²) in [5, 5.41) is 9.15. The van der Waals surface area contributed by atoms with Crippen LogP contribution in [0, 0.1) is 11.8 Å². The van der Waals surface area contributed by atoms with Crippen molar-refractivity contribution in [1.29, 1.82) is 0 Å². The summed E-state index contributed by atoms with van der Waals surface area (Å²) in [6.07, 6.45) is 4.90. The van der Waals surface area contributed by atoms with E-state index in [9.17, 15) is 9.59 Å². The van der Waals surface area contributed by atoms with Gasteiger partial charge in [0, 0.05) is 32.2 Å². The number of amides is 2. The van der Waals surface area contributed by atoms with Crippen LogP contribution < -0.4 is 11.1 Å². The smallest absolute Gasteiger partial charge is 0.269 e. The van der Waals surface area contributed by atoms with E-state index in [-0.39, 0.29) is 30.3 Å². The number of morpholine rings is 1. The number of hydrogen-bond acceptors (Lipinski definition) is 6. The van der Waals surface area contributed by atoms with Gasteiger partial charge in [-0.05, 0) is 50.6 Å². The molecule has 1 aromatic heterocycles. The Hall–Kier alpha value is -2.13. The minimum Gasteiger partial charge on any atom is -0.382 e. The maximum Gasteiger partial charge on any atom is 0.269 e. The van der Waals surface area contributed by atoms with Gasteiger partial charge in [-0.1, -0.05) is 0 Å². The van der Waals surface area contributed by atoms with Crippen molar-refractivity contribution in [2.75, 3.05) is 51.6 Å². The van der Waals surface area contributed by atoms with Crippen LogP contribution in [0.15, 0.2) is 6.07 Å². The minimum absolute atomic E-state index is 0.0457. The van der Waals surface area contributed by atoms with Gasteiger partial charge in [-0.3, -0.25) is 14.7 Å². The van der Waals surface area contributed by atoms with Crippen molar-refractivity contribution in [2.45, 2.75) is 31.8 Å². The fourth-order valence-corrected chi connectivity index (χ4v) is 4.06. The lowest BCUT2D eigenvalue weighted by Gasteiger charge is -2.38. The second-order valence-electron chi connectivity index (χ2n) is 8.34. The van der Waals surface area contributed by atoms with Crippen molar-refractivity contribution in [2.24, 2.45) is 11.8 Å². The average molecular weight is 390 g/mol. The van der Waals surface area contributed by atoms with Crippen molar-refractivity contribution >= 4 is 17.6 Å². The summed E-state index contributed by atoms with van der Waals surface area (Å²) < 4.78 is 5.60. The Morgan fingerprint density at radius 1 is 1.25 bits per heavy atom. The third-order valence-corrected chi connectivity index (χ3v) is 5.95. The van der Waals surface area contributed by atoms with E-state index in [1.807, 2.05) is 4.90 Å². The Balaban J connectivity index is 1.21.